The van der Waals surface area contributed by atoms with Gasteiger partial charge in [-0.1, -0.05) is 134 Å². The summed E-state index contributed by atoms with van der Waals surface area (Å²) < 4.78 is 2.48. The summed E-state index contributed by atoms with van der Waals surface area (Å²) in [5.41, 5.74) is 1.50. The van der Waals surface area contributed by atoms with Gasteiger partial charge in [-0.25, -0.2) is 4.57 Å². The molecule has 0 spiro atoms. The molecule has 0 saturated heterocycles. The quantitative estimate of drug-likeness (QED) is 0.143. The number of aromatic nitrogens is 2. The van der Waals surface area contributed by atoms with Crippen molar-refractivity contribution in [2.24, 2.45) is 5.92 Å². The summed E-state index contributed by atoms with van der Waals surface area (Å²) in [6.07, 6.45) is 31.4. The minimum atomic E-state index is 0.608. The predicted molar refractivity (Wildman–Crippen MR) is 143 cm³/mol. The third-order valence-electron chi connectivity index (χ3n) is 7.37. The van der Waals surface area contributed by atoms with Gasteiger partial charge < -0.3 is 0 Å². The fourth-order valence-electron chi connectivity index (χ4n) is 5.33. The lowest BCUT2D eigenvalue weighted by Crippen LogP contribution is -2.42. The molecule has 33 heavy (non-hydrogen) atoms. The van der Waals surface area contributed by atoms with E-state index in [9.17, 15) is 0 Å². The molecule has 186 valence electrons. The summed E-state index contributed by atoms with van der Waals surface area (Å²) >= 11 is 0. The van der Waals surface area contributed by atoms with Crippen LogP contribution in [0.5, 0.6) is 0 Å². The first kappa shape index (κ1) is 27.7. The van der Waals surface area contributed by atoms with Crippen molar-refractivity contribution >= 4 is 0 Å². The number of nitrogens with one attached hydrogen (secondary N) is 1. The molecule has 1 heterocycles. The molecule has 0 aliphatic heterocycles. The van der Waals surface area contributed by atoms with Crippen LogP contribution >= 0.6 is 0 Å². The van der Waals surface area contributed by atoms with Crippen molar-refractivity contribution in [1.82, 2.24) is 4.98 Å². The Kier molecular flexibility index (Phi) is 15.8. The van der Waals surface area contributed by atoms with E-state index in [4.69, 9.17) is 0 Å². The minimum absolute atomic E-state index is 0.608. The molecule has 2 nitrogen and oxygen atoms in total. The number of aromatic amines is 1. The molecule has 1 N–H and O–H groups in total. The highest BCUT2D eigenvalue weighted by Gasteiger charge is 2.26. The first-order valence-electron chi connectivity index (χ1n) is 14.4. The zero-order chi connectivity index (χ0) is 23.4. The number of rotatable bonds is 21. The second kappa shape index (κ2) is 18.8. The summed E-state index contributed by atoms with van der Waals surface area (Å²) in [5, 5.41) is 0. The first-order valence-corrected chi connectivity index (χ1v) is 14.4. The Balaban J connectivity index is 1.80. The monoisotopic (exact) mass is 453 g/mol. The first-order chi connectivity index (χ1) is 16.3. The Morgan fingerprint density at radius 3 is 1.79 bits per heavy atom. The number of imidazole rings is 1. The van der Waals surface area contributed by atoms with Crippen LogP contribution in [0.1, 0.15) is 135 Å². The molecule has 2 rings (SSSR count). The Morgan fingerprint density at radius 1 is 0.667 bits per heavy atom. The predicted octanol–water partition coefficient (Wildman–Crippen LogP) is 9.37. The molecular weight excluding hydrogens is 400 g/mol. The van der Waals surface area contributed by atoms with E-state index in [0.29, 0.717) is 12.0 Å². The largest absolute Gasteiger partial charge is 0.250 e. The highest BCUT2D eigenvalue weighted by molar-refractivity contribution is 5.15. The Hall–Kier alpha value is -1.57. The topological polar surface area (TPSA) is 19.7 Å². The van der Waals surface area contributed by atoms with Gasteiger partial charge in [0.25, 0.3) is 0 Å². The second-order valence-corrected chi connectivity index (χ2v) is 10.2. The van der Waals surface area contributed by atoms with Gasteiger partial charge in [0.1, 0.15) is 18.4 Å². The van der Waals surface area contributed by atoms with Crippen LogP contribution in [0.4, 0.5) is 0 Å². The normalized spacial score (nSPS) is 13.3. The molecule has 0 fully saturated rings. The molecule has 0 saturated carbocycles. The van der Waals surface area contributed by atoms with E-state index in [2.05, 4.69) is 72.5 Å². The summed E-state index contributed by atoms with van der Waals surface area (Å²) in [6.45, 7) is 4.61. The van der Waals surface area contributed by atoms with E-state index in [1.165, 1.54) is 121 Å². The van der Waals surface area contributed by atoms with E-state index in [1.54, 1.807) is 0 Å². The third kappa shape index (κ3) is 12.5. The van der Waals surface area contributed by atoms with Gasteiger partial charge in [-0.2, -0.15) is 0 Å². The van der Waals surface area contributed by atoms with Gasteiger partial charge >= 0.3 is 0 Å². The third-order valence-corrected chi connectivity index (χ3v) is 7.37. The van der Waals surface area contributed by atoms with E-state index in [0.717, 1.165) is 0 Å². The number of nitrogens with zero attached hydrogens (tertiary/aromatic N) is 1. The van der Waals surface area contributed by atoms with E-state index in [-0.39, 0.29) is 0 Å². The molecular formula is C31H53N2+. The molecule has 1 aromatic carbocycles. The van der Waals surface area contributed by atoms with Crippen molar-refractivity contribution in [2.45, 2.75) is 135 Å². The summed E-state index contributed by atoms with van der Waals surface area (Å²) in [7, 11) is 0. The zero-order valence-corrected chi connectivity index (χ0v) is 21.9. The van der Waals surface area contributed by atoms with Crippen molar-refractivity contribution in [1.29, 1.82) is 0 Å². The molecule has 0 aliphatic rings. The number of hydrogen-bond acceptors (Lipinski definition) is 0. The second-order valence-electron chi connectivity index (χ2n) is 10.2. The SMILES string of the molecule is CCCCCCCCCCCCCC(C(CCCCCC)Cc1ccccc1)[n+]1cc[nH]c1. The van der Waals surface area contributed by atoms with Gasteiger partial charge in [0, 0.05) is 5.92 Å². The Morgan fingerprint density at radius 2 is 1.21 bits per heavy atom. The smallest absolute Gasteiger partial charge is 0.241 e. The molecule has 2 atom stereocenters. The van der Waals surface area contributed by atoms with Crippen molar-refractivity contribution in [3.8, 4) is 0 Å². The number of benzene rings is 1. The Bertz CT molecular complexity index is 649. The van der Waals surface area contributed by atoms with E-state index < -0.39 is 0 Å². The number of hydrogen-bond donors (Lipinski definition) is 1. The van der Waals surface area contributed by atoms with E-state index in [1.807, 2.05) is 0 Å². The van der Waals surface area contributed by atoms with Gasteiger partial charge in [-0.05, 0) is 31.2 Å². The van der Waals surface area contributed by atoms with Gasteiger partial charge in [0.2, 0.25) is 6.33 Å². The molecule has 2 heteroatoms. The highest BCUT2D eigenvalue weighted by atomic mass is 15.1. The lowest BCUT2D eigenvalue weighted by molar-refractivity contribution is -0.730. The number of unbranched alkanes of at least 4 members (excludes halogenated alkanes) is 13. The van der Waals surface area contributed by atoms with Gasteiger partial charge in [0.15, 0.2) is 0 Å². The maximum Gasteiger partial charge on any atom is 0.241 e. The average molecular weight is 454 g/mol. The van der Waals surface area contributed by atoms with Crippen LogP contribution in [-0.4, -0.2) is 4.98 Å². The summed E-state index contributed by atoms with van der Waals surface area (Å²) in [4.78, 5) is 3.31. The molecule has 0 aliphatic carbocycles. The maximum absolute atomic E-state index is 3.31. The van der Waals surface area contributed by atoms with Crippen molar-refractivity contribution in [3.05, 3.63) is 54.6 Å². The van der Waals surface area contributed by atoms with Crippen LogP contribution < -0.4 is 4.57 Å². The lowest BCUT2D eigenvalue weighted by Gasteiger charge is -2.25. The fourth-order valence-corrected chi connectivity index (χ4v) is 5.33. The standard InChI is InChI=1S/C31H52N2/c1-3-5-7-9-10-11-12-13-14-15-20-24-31(33-26-25-32-28-33)30(23-19-8-6-4-2)27-29-21-17-16-18-22-29/h16-18,21-22,25-26,28,30-31H,3-15,19-20,23-24,27H2,1-2H3/p+1. The van der Waals surface area contributed by atoms with Crippen LogP contribution in [0, 0.1) is 5.92 Å². The average Bonchev–Trinajstić information content (AvgIpc) is 3.37. The van der Waals surface area contributed by atoms with Crippen molar-refractivity contribution in [3.63, 3.8) is 0 Å². The molecule has 1 aromatic heterocycles. The highest BCUT2D eigenvalue weighted by Crippen LogP contribution is 2.29. The molecule has 0 amide bonds. The van der Waals surface area contributed by atoms with Crippen LogP contribution in [0.2, 0.25) is 0 Å². The molecule has 0 bridgehead atoms. The van der Waals surface area contributed by atoms with E-state index >= 15 is 0 Å². The van der Waals surface area contributed by atoms with Gasteiger partial charge in [-0.3, -0.25) is 4.98 Å². The maximum atomic E-state index is 3.31. The lowest BCUT2D eigenvalue weighted by atomic mass is 9.84. The van der Waals surface area contributed by atoms with Crippen molar-refractivity contribution < 1.29 is 4.57 Å². The summed E-state index contributed by atoms with van der Waals surface area (Å²) in [6, 6.07) is 11.8. The molecule has 0 radical (unpaired) electrons. The van der Waals surface area contributed by atoms with Crippen LogP contribution in [-0.2, 0) is 6.42 Å². The number of H-pyrrole nitrogens is 1. The fraction of sp³-hybridized carbons (Fsp3) is 0.710. The van der Waals surface area contributed by atoms with Crippen LogP contribution in [0.15, 0.2) is 49.1 Å². The minimum Gasteiger partial charge on any atom is -0.250 e. The summed E-state index contributed by atoms with van der Waals surface area (Å²) in [5.74, 6) is 0.716. The van der Waals surface area contributed by atoms with Gasteiger partial charge in [-0.15, -0.1) is 0 Å². The Labute approximate surface area is 205 Å². The van der Waals surface area contributed by atoms with Crippen LogP contribution in [0.3, 0.4) is 0 Å². The van der Waals surface area contributed by atoms with Gasteiger partial charge in [0.05, 0.1) is 0 Å². The zero-order valence-electron chi connectivity index (χ0n) is 21.9. The van der Waals surface area contributed by atoms with Crippen molar-refractivity contribution in [2.75, 3.05) is 0 Å². The van der Waals surface area contributed by atoms with Crippen LogP contribution in [0.25, 0.3) is 0 Å². The molecule has 2 aromatic rings. The molecule has 2 unspecified atom stereocenters.